The van der Waals surface area contributed by atoms with Gasteiger partial charge in [0.05, 0.1) is 19.8 Å². The molecule has 0 saturated carbocycles. The van der Waals surface area contributed by atoms with Crippen LogP contribution in [0, 0.1) is 22.9 Å². The van der Waals surface area contributed by atoms with Gasteiger partial charge in [-0.3, -0.25) is 0 Å². The minimum Gasteiger partial charge on any atom is -0.323 e. The van der Waals surface area contributed by atoms with Crippen molar-refractivity contribution in [3.8, 4) is 11.1 Å². The highest BCUT2D eigenvalue weighted by Gasteiger charge is 2.53. The van der Waals surface area contributed by atoms with Gasteiger partial charge < -0.3 is 14.2 Å². The lowest BCUT2D eigenvalue weighted by molar-refractivity contribution is -0.480. The van der Waals surface area contributed by atoms with E-state index in [-0.39, 0.29) is 22.1 Å². The molecule has 9 heteroatoms. The molecule has 30 heavy (non-hydrogen) atoms. The zero-order valence-electron chi connectivity index (χ0n) is 15.9. The summed E-state index contributed by atoms with van der Waals surface area (Å²) in [6, 6.07) is 4.52. The van der Waals surface area contributed by atoms with Crippen molar-refractivity contribution in [1.82, 2.24) is 0 Å². The van der Waals surface area contributed by atoms with Crippen molar-refractivity contribution in [3.05, 3.63) is 58.9 Å². The van der Waals surface area contributed by atoms with E-state index >= 15 is 0 Å². The minimum absolute atomic E-state index is 0.210. The number of benzene rings is 2. The predicted molar refractivity (Wildman–Crippen MR) is 93.6 cm³/mol. The summed E-state index contributed by atoms with van der Waals surface area (Å²) < 4.78 is 98.0. The summed E-state index contributed by atoms with van der Waals surface area (Å²) in [7, 11) is 0. The summed E-state index contributed by atoms with van der Waals surface area (Å²) in [6.45, 7) is 3.16. The van der Waals surface area contributed by atoms with Crippen molar-refractivity contribution in [1.29, 1.82) is 0 Å². The lowest BCUT2D eigenvalue weighted by Gasteiger charge is -2.51. The van der Waals surface area contributed by atoms with Gasteiger partial charge in [0.1, 0.15) is 23.0 Å². The highest BCUT2D eigenvalue weighted by atomic mass is 19.4. The molecule has 2 aromatic carbocycles. The van der Waals surface area contributed by atoms with Crippen molar-refractivity contribution in [3.63, 3.8) is 0 Å². The molecule has 3 aliphatic heterocycles. The monoisotopic (exact) mass is 432 g/mol. The van der Waals surface area contributed by atoms with E-state index in [9.17, 15) is 26.3 Å². The van der Waals surface area contributed by atoms with Gasteiger partial charge in [0.2, 0.25) is 0 Å². The number of rotatable bonds is 4. The van der Waals surface area contributed by atoms with Crippen LogP contribution in [0.25, 0.3) is 11.1 Å². The third-order valence-electron chi connectivity index (χ3n) is 5.44. The van der Waals surface area contributed by atoms with Gasteiger partial charge >= 0.3 is 12.1 Å². The van der Waals surface area contributed by atoms with Crippen LogP contribution in [0.15, 0.2) is 30.3 Å². The molecule has 3 heterocycles. The van der Waals surface area contributed by atoms with Crippen LogP contribution in [-0.4, -0.2) is 19.8 Å². The van der Waals surface area contributed by atoms with E-state index in [0.717, 1.165) is 18.9 Å². The number of alkyl halides is 3. The fourth-order valence-electron chi connectivity index (χ4n) is 3.93. The molecule has 0 unspecified atom stereocenters. The number of hydrogen-bond acceptors (Lipinski definition) is 3. The Morgan fingerprint density at radius 3 is 1.90 bits per heavy atom. The molecule has 0 amide bonds. The van der Waals surface area contributed by atoms with Crippen LogP contribution in [0.5, 0.6) is 0 Å². The molecule has 0 spiro atoms. The second-order valence-electron chi connectivity index (χ2n) is 7.68. The summed E-state index contributed by atoms with van der Waals surface area (Å²) in [4.78, 5) is 0. The maximum absolute atomic E-state index is 14.8. The molecular formula is C21H18F6O3. The number of hydrogen-bond donors (Lipinski definition) is 0. The Morgan fingerprint density at radius 1 is 0.867 bits per heavy atom. The van der Waals surface area contributed by atoms with Crippen LogP contribution >= 0.6 is 0 Å². The maximum atomic E-state index is 14.8. The fourth-order valence-corrected chi connectivity index (χ4v) is 3.93. The Morgan fingerprint density at radius 2 is 1.43 bits per heavy atom. The molecule has 0 aromatic heterocycles. The third kappa shape index (κ3) is 3.48. The summed E-state index contributed by atoms with van der Waals surface area (Å²) >= 11 is 0. The second kappa shape index (κ2) is 7.25. The van der Waals surface area contributed by atoms with Crippen LogP contribution in [0.4, 0.5) is 26.3 Å². The Kier molecular flexibility index (Phi) is 5.11. The van der Waals surface area contributed by atoms with Gasteiger partial charge in [0, 0.05) is 16.5 Å². The Labute approximate surface area is 168 Å². The SMILES string of the molecule is CCCC12COC(c3ccc(-c4cc(F)c(C(F)(F)F)c(F)c4)c(F)c3)(OC1)OC2. The van der Waals surface area contributed by atoms with E-state index < -0.39 is 35.2 Å². The zero-order chi connectivity index (χ0) is 21.7. The third-order valence-corrected chi connectivity index (χ3v) is 5.44. The summed E-state index contributed by atoms with van der Waals surface area (Å²) in [6.07, 6.45) is -3.43. The first-order valence-electron chi connectivity index (χ1n) is 9.38. The van der Waals surface area contributed by atoms with E-state index in [2.05, 4.69) is 0 Å². The predicted octanol–water partition coefficient (Wildman–Crippen LogP) is 5.76. The van der Waals surface area contributed by atoms with E-state index in [1.165, 1.54) is 12.1 Å². The van der Waals surface area contributed by atoms with Gasteiger partial charge in [-0.1, -0.05) is 25.5 Å². The van der Waals surface area contributed by atoms with Gasteiger partial charge in [-0.2, -0.15) is 13.2 Å². The van der Waals surface area contributed by atoms with E-state index in [1.54, 1.807) is 0 Å². The molecule has 3 saturated heterocycles. The van der Waals surface area contributed by atoms with E-state index in [4.69, 9.17) is 14.2 Å². The molecule has 2 bridgehead atoms. The average molecular weight is 432 g/mol. The molecule has 0 aliphatic carbocycles. The summed E-state index contributed by atoms with van der Waals surface area (Å²) in [5.74, 6) is -6.12. The zero-order valence-corrected chi connectivity index (χ0v) is 15.9. The lowest BCUT2D eigenvalue weighted by Crippen LogP contribution is -2.58. The van der Waals surface area contributed by atoms with Crippen LogP contribution in [0.1, 0.15) is 30.9 Å². The quantitative estimate of drug-likeness (QED) is 0.575. The van der Waals surface area contributed by atoms with Crippen molar-refractivity contribution in [2.75, 3.05) is 19.8 Å². The first-order chi connectivity index (χ1) is 14.1. The largest absolute Gasteiger partial charge is 0.422 e. The van der Waals surface area contributed by atoms with Crippen molar-refractivity contribution < 1.29 is 40.6 Å². The van der Waals surface area contributed by atoms with Gasteiger partial charge in [-0.05, 0) is 30.2 Å². The molecule has 0 radical (unpaired) electrons. The molecule has 3 aliphatic rings. The topological polar surface area (TPSA) is 27.7 Å². The molecule has 5 rings (SSSR count). The Hall–Kier alpha value is -2.10. The summed E-state index contributed by atoms with van der Waals surface area (Å²) in [5.41, 5.74) is -2.69. The molecule has 0 N–H and O–H groups in total. The smallest absolute Gasteiger partial charge is 0.323 e. The molecule has 3 nitrogen and oxygen atoms in total. The van der Waals surface area contributed by atoms with Crippen LogP contribution in [0.2, 0.25) is 0 Å². The first-order valence-corrected chi connectivity index (χ1v) is 9.38. The minimum atomic E-state index is -5.20. The van der Waals surface area contributed by atoms with Gasteiger partial charge in [0.25, 0.3) is 0 Å². The molecule has 162 valence electrons. The molecule has 3 fully saturated rings. The van der Waals surface area contributed by atoms with Crippen molar-refractivity contribution >= 4 is 0 Å². The van der Waals surface area contributed by atoms with E-state index in [1.807, 2.05) is 6.92 Å². The Bertz CT molecular complexity index is 924. The second-order valence-corrected chi connectivity index (χ2v) is 7.68. The van der Waals surface area contributed by atoms with E-state index in [0.29, 0.717) is 32.0 Å². The number of fused-ring (bicyclic) bond motifs is 3. The lowest BCUT2D eigenvalue weighted by atomic mass is 9.83. The highest BCUT2D eigenvalue weighted by Crippen LogP contribution is 2.47. The van der Waals surface area contributed by atoms with Crippen LogP contribution in [-0.2, 0) is 26.4 Å². The van der Waals surface area contributed by atoms with Crippen LogP contribution in [0.3, 0.4) is 0 Å². The van der Waals surface area contributed by atoms with Gasteiger partial charge in [-0.15, -0.1) is 0 Å². The number of ether oxygens (including phenoxy) is 3. The molecule has 0 atom stereocenters. The van der Waals surface area contributed by atoms with Gasteiger partial charge in [0.15, 0.2) is 0 Å². The number of halogens is 6. The van der Waals surface area contributed by atoms with Gasteiger partial charge in [-0.25, -0.2) is 13.2 Å². The average Bonchev–Trinajstić information content (AvgIpc) is 2.67. The fraction of sp³-hybridized carbons (Fsp3) is 0.429. The maximum Gasteiger partial charge on any atom is 0.422 e. The Balaban J connectivity index is 1.64. The highest BCUT2D eigenvalue weighted by molar-refractivity contribution is 5.65. The standard InChI is InChI=1S/C21H18F6O3/c1-2-5-19-9-28-21(29-10-19,30-11-19)13-3-4-14(15(22)8-13)12-6-16(23)18(17(24)7-12)20(25,26)27/h3-4,6-8H,2,5,9-11H2,1H3. The molecule has 2 aromatic rings. The summed E-state index contributed by atoms with van der Waals surface area (Å²) in [5, 5.41) is 0. The van der Waals surface area contributed by atoms with Crippen molar-refractivity contribution in [2.45, 2.75) is 31.9 Å². The first kappa shape index (κ1) is 21.1. The van der Waals surface area contributed by atoms with Crippen molar-refractivity contribution in [2.24, 2.45) is 5.41 Å². The molecular weight excluding hydrogens is 414 g/mol. The normalized spacial score (nSPS) is 26.2. The van der Waals surface area contributed by atoms with Crippen LogP contribution < -0.4 is 0 Å².